The highest BCUT2D eigenvalue weighted by atomic mass is 16.1. The van der Waals surface area contributed by atoms with E-state index in [9.17, 15) is 4.79 Å². The maximum Gasteiger partial charge on any atom is 0.271 e. The number of nitrogens with one attached hydrogen (secondary N) is 1. The number of hydrogen-bond acceptors (Lipinski definition) is 3. The van der Waals surface area contributed by atoms with E-state index in [1.54, 1.807) is 10.7 Å². The largest absolute Gasteiger partial charge is 0.351 e. The predicted molar refractivity (Wildman–Crippen MR) is 78.9 cm³/mol. The van der Waals surface area contributed by atoms with Crippen LogP contribution in [0.15, 0.2) is 36.4 Å². The van der Waals surface area contributed by atoms with Crippen molar-refractivity contribution in [3.8, 4) is 5.69 Å². The summed E-state index contributed by atoms with van der Waals surface area (Å²) in [7, 11) is 0. The van der Waals surface area contributed by atoms with Crippen LogP contribution < -0.4 is 11.1 Å². The summed E-state index contributed by atoms with van der Waals surface area (Å²) >= 11 is 0. The highest BCUT2D eigenvalue weighted by Gasteiger charge is 2.12. The number of nitrogens with zero attached hydrogens (tertiary/aromatic N) is 2. The van der Waals surface area contributed by atoms with Gasteiger partial charge in [-0.2, -0.15) is 5.10 Å². The lowest BCUT2D eigenvalue weighted by Crippen LogP contribution is -2.29. The van der Waals surface area contributed by atoms with Crippen molar-refractivity contribution in [2.24, 2.45) is 5.73 Å². The Labute approximate surface area is 118 Å². The lowest BCUT2D eigenvalue weighted by atomic mass is 10.2. The average molecular weight is 272 g/mol. The second-order valence-corrected chi connectivity index (χ2v) is 4.94. The third kappa shape index (κ3) is 3.45. The first-order valence-electron chi connectivity index (χ1n) is 6.74. The molecule has 1 amide bonds. The Bertz CT molecular complexity index is 575. The molecule has 0 radical (unpaired) electrons. The standard InChI is InChI=1S/C15H20N4O/c1-11(16)8-9-17-15(20)14-10-12(2)19(18-14)13-6-4-3-5-7-13/h3-7,10-11H,8-9,16H2,1-2H3,(H,17,20). The molecular formula is C15H20N4O. The topological polar surface area (TPSA) is 72.9 Å². The van der Waals surface area contributed by atoms with Crippen LogP contribution in [0.3, 0.4) is 0 Å². The van der Waals surface area contributed by atoms with E-state index in [1.165, 1.54) is 0 Å². The number of hydrogen-bond donors (Lipinski definition) is 2. The fraction of sp³-hybridized carbons (Fsp3) is 0.333. The molecule has 1 atom stereocenters. The molecular weight excluding hydrogens is 252 g/mol. The number of benzene rings is 1. The summed E-state index contributed by atoms with van der Waals surface area (Å²) < 4.78 is 1.76. The maximum absolute atomic E-state index is 12.0. The minimum absolute atomic E-state index is 0.0823. The minimum Gasteiger partial charge on any atom is -0.351 e. The van der Waals surface area contributed by atoms with Gasteiger partial charge in [0, 0.05) is 18.3 Å². The first-order chi connectivity index (χ1) is 9.58. The Hall–Kier alpha value is -2.14. The first-order valence-corrected chi connectivity index (χ1v) is 6.74. The molecule has 0 fully saturated rings. The molecule has 1 unspecified atom stereocenters. The van der Waals surface area contributed by atoms with Crippen LogP contribution in [0.1, 0.15) is 29.5 Å². The van der Waals surface area contributed by atoms with Crippen LogP contribution in [0.4, 0.5) is 0 Å². The van der Waals surface area contributed by atoms with Crippen LogP contribution >= 0.6 is 0 Å². The monoisotopic (exact) mass is 272 g/mol. The smallest absolute Gasteiger partial charge is 0.271 e. The van der Waals surface area contributed by atoms with Crippen molar-refractivity contribution in [2.45, 2.75) is 26.3 Å². The molecule has 0 bridgehead atoms. The molecule has 5 nitrogen and oxygen atoms in total. The van der Waals surface area contributed by atoms with E-state index in [-0.39, 0.29) is 11.9 Å². The van der Waals surface area contributed by atoms with Crippen molar-refractivity contribution in [3.05, 3.63) is 47.8 Å². The Balaban J connectivity index is 2.09. The van der Waals surface area contributed by atoms with E-state index in [2.05, 4.69) is 10.4 Å². The summed E-state index contributed by atoms with van der Waals surface area (Å²) in [6.07, 6.45) is 0.754. The normalized spacial score (nSPS) is 12.2. The van der Waals surface area contributed by atoms with Gasteiger partial charge in [0.1, 0.15) is 0 Å². The van der Waals surface area contributed by atoms with Gasteiger partial charge < -0.3 is 11.1 Å². The zero-order chi connectivity index (χ0) is 14.5. The Morgan fingerprint density at radius 2 is 2.10 bits per heavy atom. The quantitative estimate of drug-likeness (QED) is 0.869. The molecule has 0 aliphatic rings. The van der Waals surface area contributed by atoms with Crippen molar-refractivity contribution < 1.29 is 4.79 Å². The van der Waals surface area contributed by atoms with Gasteiger partial charge in [0.15, 0.2) is 5.69 Å². The lowest BCUT2D eigenvalue weighted by Gasteiger charge is -2.05. The van der Waals surface area contributed by atoms with Gasteiger partial charge in [-0.3, -0.25) is 4.79 Å². The van der Waals surface area contributed by atoms with E-state index in [4.69, 9.17) is 5.73 Å². The van der Waals surface area contributed by atoms with Gasteiger partial charge in [-0.05, 0) is 38.5 Å². The lowest BCUT2D eigenvalue weighted by molar-refractivity contribution is 0.0947. The van der Waals surface area contributed by atoms with E-state index in [1.807, 2.05) is 44.2 Å². The summed E-state index contributed by atoms with van der Waals surface area (Å²) in [6.45, 7) is 4.41. The second-order valence-electron chi connectivity index (χ2n) is 4.94. The number of aryl methyl sites for hydroxylation is 1. The van der Waals surface area contributed by atoms with E-state index >= 15 is 0 Å². The van der Waals surface area contributed by atoms with Crippen LogP contribution in [-0.2, 0) is 0 Å². The number of carbonyl (C=O) groups excluding carboxylic acids is 1. The molecule has 1 heterocycles. The minimum atomic E-state index is -0.163. The molecule has 5 heteroatoms. The number of rotatable bonds is 5. The fourth-order valence-electron chi connectivity index (χ4n) is 1.92. The van der Waals surface area contributed by atoms with Crippen molar-refractivity contribution in [2.75, 3.05) is 6.54 Å². The number of carbonyl (C=O) groups is 1. The van der Waals surface area contributed by atoms with Gasteiger partial charge in [0.2, 0.25) is 0 Å². The number of aromatic nitrogens is 2. The molecule has 0 aliphatic carbocycles. The molecule has 0 spiro atoms. The van der Waals surface area contributed by atoms with Gasteiger partial charge in [-0.25, -0.2) is 4.68 Å². The summed E-state index contributed by atoms with van der Waals surface area (Å²) in [5.74, 6) is -0.163. The summed E-state index contributed by atoms with van der Waals surface area (Å²) in [5.41, 5.74) is 7.95. The summed E-state index contributed by atoms with van der Waals surface area (Å²) in [4.78, 5) is 12.0. The van der Waals surface area contributed by atoms with Gasteiger partial charge in [0.05, 0.1) is 5.69 Å². The Kier molecular flexibility index (Phi) is 4.53. The van der Waals surface area contributed by atoms with Crippen LogP contribution in [-0.4, -0.2) is 28.3 Å². The van der Waals surface area contributed by atoms with Crippen molar-refractivity contribution in [1.82, 2.24) is 15.1 Å². The van der Waals surface area contributed by atoms with Crippen LogP contribution in [0, 0.1) is 6.92 Å². The molecule has 0 aliphatic heterocycles. The molecule has 20 heavy (non-hydrogen) atoms. The Morgan fingerprint density at radius 1 is 1.40 bits per heavy atom. The van der Waals surface area contributed by atoms with E-state index < -0.39 is 0 Å². The third-order valence-electron chi connectivity index (χ3n) is 3.01. The van der Waals surface area contributed by atoms with Crippen molar-refractivity contribution >= 4 is 5.91 Å². The fourth-order valence-corrected chi connectivity index (χ4v) is 1.92. The second kappa shape index (κ2) is 6.34. The molecule has 1 aromatic heterocycles. The van der Waals surface area contributed by atoms with Gasteiger partial charge >= 0.3 is 0 Å². The van der Waals surface area contributed by atoms with Crippen molar-refractivity contribution in [3.63, 3.8) is 0 Å². The zero-order valence-corrected chi connectivity index (χ0v) is 11.8. The molecule has 0 saturated carbocycles. The predicted octanol–water partition coefficient (Wildman–Crippen LogP) is 1.65. The van der Waals surface area contributed by atoms with Gasteiger partial charge in [0.25, 0.3) is 5.91 Å². The molecule has 1 aromatic carbocycles. The molecule has 3 N–H and O–H groups in total. The zero-order valence-electron chi connectivity index (χ0n) is 11.8. The van der Waals surface area contributed by atoms with Crippen molar-refractivity contribution in [1.29, 1.82) is 0 Å². The Morgan fingerprint density at radius 3 is 2.75 bits per heavy atom. The van der Waals surface area contributed by atoms with E-state index in [0.717, 1.165) is 17.8 Å². The van der Waals surface area contributed by atoms with Crippen LogP contribution in [0.2, 0.25) is 0 Å². The van der Waals surface area contributed by atoms with Gasteiger partial charge in [-0.15, -0.1) is 0 Å². The molecule has 2 rings (SSSR count). The average Bonchev–Trinajstić information content (AvgIpc) is 2.81. The first kappa shape index (κ1) is 14.3. The maximum atomic E-state index is 12.0. The number of para-hydroxylation sites is 1. The van der Waals surface area contributed by atoms with E-state index in [0.29, 0.717) is 12.2 Å². The summed E-state index contributed by atoms with van der Waals surface area (Å²) in [5, 5.41) is 7.18. The molecule has 2 aromatic rings. The highest BCUT2D eigenvalue weighted by molar-refractivity contribution is 5.92. The number of amides is 1. The molecule has 106 valence electrons. The van der Waals surface area contributed by atoms with Gasteiger partial charge in [-0.1, -0.05) is 18.2 Å². The number of nitrogens with two attached hydrogens (primary N) is 1. The van der Waals surface area contributed by atoms with Crippen LogP contribution in [0.25, 0.3) is 5.69 Å². The third-order valence-corrected chi connectivity index (χ3v) is 3.01. The highest BCUT2D eigenvalue weighted by Crippen LogP contribution is 2.11. The SMILES string of the molecule is Cc1cc(C(=O)NCCC(C)N)nn1-c1ccccc1. The summed E-state index contributed by atoms with van der Waals surface area (Å²) in [6, 6.07) is 11.6. The van der Waals surface area contributed by atoms with Crippen LogP contribution in [0.5, 0.6) is 0 Å². The molecule has 0 saturated heterocycles.